The van der Waals surface area contributed by atoms with Gasteiger partial charge in [-0.25, -0.2) is 0 Å². The first-order valence-corrected chi connectivity index (χ1v) is 6.83. The molecule has 0 atom stereocenters. The van der Waals surface area contributed by atoms with E-state index in [0.717, 1.165) is 33.4 Å². The number of hydrogen-bond acceptors (Lipinski definition) is 4. The molecule has 0 unspecified atom stereocenters. The van der Waals surface area contributed by atoms with Crippen molar-refractivity contribution >= 4 is 23.5 Å². The number of thiocyanates is 2. The predicted molar refractivity (Wildman–Crippen MR) is 72.9 cm³/mol. The Morgan fingerprint density at radius 1 is 1.00 bits per heavy atom. The second kappa shape index (κ2) is 6.20. The molecule has 0 saturated heterocycles. The van der Waals surface area contributed by atoms with E-state index in [9.17, 15) is 0 Å². The van der Waals surface area contributed by atoms with E-state index in [1.165, 1.54) is 5.56 Å². The van der Waals surface area contributed by atoms with Crippen molar-refractivity contribution in [3.8, 4) is 10.8 Å². The monoisotopic (exact) mass is 271 g/mol. The van der Waals surface area contributed by atoms with Crippen LogP contribution in [0.3, 0.4) is 0 Å². The molecule has 0 aliphatic carbocycles. The Hall–Kier alpha value is -1.82. The van der Waals surface area contributed by atoms with Crippen molar-refractivity contribution in [2.45, 2.75) is 16.5 Å². The third kappa shape index (κ3) is 2.89. The van der Waals surface area contributed by atoms with Gasteiger partial charge in [-0.15, -0.1) is 0 Å². The third-order valence-corrected chi connectivity index (χ3v) is 3.88. The number of aromatic nitrogens is 1. The maximum Gasteiger partial charge on any atom is 0.140 e. The molecular weight excluding hydrogens is 262 g/mol. The summed E-state index contributed by atoms with van der Waals surface area (Å²) in [5.41, 5.74) is 1.17. The Labute approximate surface area is 114 Å². The number of thioether (sulfide) groups is 2. The highest BCUT2D eigenvalue weighted by molar-refractivity contribution is 8.06. The van der Waals surface area contributed by atoms with Crippen LogP contribution in [-0.2, 0) is 6.54 Å². The largest absolute Gasteiger partial charge is 0.337 e. The van der Waals surface area contributed by atoms with Crippen molar-refractivity contribution in [1.29, 1.82) is 10.5 Å². The van der Waals surface area contributed by atoms with Gasteiger partial charge in [0.15, 0.2) is 0 Å². The van der Waals surface area contributed by atoms with Crippen LogP contribution in [0.15, 0.2) is 52.5 Å². The molecule has 0 amide bonds. The summed E-state index contributed by atoms with van der Waals surface area (Å²) >= 11 is 2.18. The van der Waals surface area contributed by atoms with Crippen LogP contribution in [0.5, 0.6) is 0 Å². The Morgan fingerprint density at radius 2 is 1.72 bits per heavy atom. The van der Waals surface area contributed by atoms with Crippen molar-refractivity contribution in [3.63, 3.8) is 0 Å². The fourth-order valence-corrected chi connectivity index (χ4v) is 2.80. The number of nitriles is 2. The van der Waals surface area contributed by atoms with E-state index in [1.807, 2.05) is 52.6 Å². The summed E-state index contributed by atoms with van der Waals surface area (Å²) in [6, 6.07) is 11.9. The maximum absolute atomic E-state index is 8.83. The van der Waals surface area contributed by atoms with Crippen LogP contribution in [-0.4, -0.2) is 4.57 Å². The second-order valence-electron chi connectivity index (χ2n) is 3.49. The molecule has 0 fully saturated rings. The van der Waals surface area contributed by atoms with E-state index in [0.29, 0.717) is 6.54 Å². The van der Waals surface area contributed by atoms with Crippen molar-refractivity contribution in [3.05, 3.63) is 48.2 Å². The molecule has 5 heteroatoms. The van der Waals surface area contributed by atoms with Crippen molar-refractivity contribution in [1.82, 2.24) is 4.57 Å². The van der Waals surface area contributed by atoms with Gasteiger partial charge >= 0.3 is 0 Å². The number of nitrogens with zero attached hydrogens (tertiary/aromatic N) is 3. The molecule has 2 rings (SSSR count). The van der Waals surface area contributed by atoms with Crippen LogP contribution in [0.1, 0.15) is 5.56 Å². The molecule has 1 heterocycles. The van der Waals surface area contributed by atoms with Crippen LogP contribution < -0.4 is 0 Å². The zero-order valence-electron chi connectivity index (χ0n) is 9.41. The number of rotatable bonds is 4. The lowest BCUT2D eigenvalue weighted by molar-refractivity contribution is 0.722. The molecule has 0 bridgehead atoms. The van der Waals surface area contributed by atoms with Crippen molar-refractivity contribution < 1.29 is 0 Å². The van der Waals surface area contributed by atoms with E-state index < -0.39 is 0 Å². The second-order valence-corrected chi connectivity index (χ2v) is 5.09. The maximum atomic E-state index is 8.83. The van der Waals surface area contributed by atoms with E-state index in [2.05, 4.69) is 5.40 Å². The van der Waals surface area contributed by atoms with Gasteiger partial charge < -0.3 is 4.57 Å². The average Bonchev–Trinajstić information content (AvgIpc) is 2.75. The Bertz CT molecular complexity index is 605. The lowest BCUT2D eigenvalue weighted by Gasteiger charge is -2.07. The first-order valence-electron chi connectivity index (χ1n) is 5.20. The first-order chi connectivity index (χ1) is 8.85. The smallest absolute Gasteiger partial charge is 0.140 e. The first kappa shape index (κ1) is 12.6. The fourth-order valence-electron chi connectivity index (χ4n) is 1.62. The summed E-state index contributed by atoms with van der Waals surface area (Å²) in [5, 5.41) is 22.5. The van der Waals surface area contributed by atoms with Crippen LogP contribution in [0, 0.1) is 21.3 Å². The predicted octanol–water partition coefficient (Wildman–Crippen LogP) is 3.68. The van der Waals surface area contributed by atoms with Gasteiger partial charge in [-0.1, -0.05) is 30.3 Å². The van der Waals surface area contributed by atoms with E-state index in [-0.39, 0.29) is 0 Å². The molecule has 3 nitrogen and oxygen atoms in total. The topological polar surface area (TPSA) is 52.5 Å². The Morgan fingerprint density at radius 3 is 2.39 bits per heavy atom. The number of benzene rings is 1. The van der Waals surface area contributed by atoms with E-state index in [4.69, 9.17) is 10.5 Å². The van der Waals surface area contributed by atoms with E-state index in [1.54, 1.807) is 0 Å². The summed E-state index contributed by atoms with van der Waals surface area (Å²) in [6.07, 6.45) is 1.91. The van der Waals surface area contributed by atoms with Gasteiger partial charge in [0.2, 0.25) is 0 Å². The molecule has 0 N–H and O–H groups in total. The molecule has 88 valence electrons. The quantitative estimate of drug-likeness (QED) is 0.628. The van der Waals surface area contributed by atoms with Gasteiger partial charge in [0, 0.05) is 24.5 Å². The standard InChI is InChI=1S/C13H9N3S2/c14-9-17-12-6-7-16(13(12)18-10-15)8-11-4-2-1-3-5-11/h1-7H,8H2. The van der Waals surface area contributed by atoms with Crippen molar-refractivity contribution in [2.75, 3.05) is 0 Å². The van der Waals surface area contributed by atoms with Gasteiger partial charge in [0.1, 0.15) is 15.8 Å². The van der Waals surface area contributed by atoms with Crippen LogP contribution in [0.25, 0.3) is 0 Å². The highest BCUT2D eigenvalue weighted by atomic mass is 32.2. The van der Waals surface area contributed by atoms with Crippen molar-refractivity contribution in [2.24, 2.45) is 0 Å². The highest BCUT2D eigenvalue weighted by Crippen LogP contribution is 2.31. The van der Waals surface area contributed by atoms with Gasteiger partial charge in [-0.2, -0.15) is 10.5 Å². The van der Waals surface area contributed by atoms with Crippen LogP contribution in [0.4, 0.5) is 0 Å². The van der Waals surface area contributed by atoms with Crippen LogP contribution in [0.2, 0.25) is 0 Å². The summed E-state index contributed by atoms with van der Waals surface area (Å²) in [4.78, 5) is 0.833. The normalized spacial score (nSPS) is 9.67. The zero-order valence-corrected chi connectivity index (χ0v) is 11.0. The van der Waals surface area contributed by atoms with Gasteiger partial charge in [0.25, 0.3) is 0 Å². The molecule has 0 aliphatic heterocycles. The minimum absolute atomic E-state index is 0.705. The number of hydrogen-bond donors (Lipinski definition) is 0. The SMILES string of the molecule is N#CSc1ccn(Cc2ccccc2)c1SC#N. The summed E-state index contributed by atoms with van der Waals surface area (Å²) < 4.78 is 1.99. The fraction of sp³-hybridized carbons (Fsp3) is 0.0769. The molecule has 0 saturated carbocycles. The van der Waals surface area contributed by atoms with Gasteiger partial charge in [-0.3, -0.25) is 0 Å². The summed E-state index contributed by atoms with van der Waals surface area (Å²) in [7, 11) is 0. The molecule has 0 radical (unpaired) electrons. The Balaban J connectivity index is 2.28. The van der Waals surface area contributed by atoms with Crippen LogP contribution >= 0.6 is 23.5 Å². The Kier molecular flexibility index (Phi) is 4.35. The summed E-state index contributed by atoms with van der Waals surface area (Å²) in [5.74, 6) is 0. The average molecular weight is 271 g/mol. The molecule has 1 aromatic carbocycles. The lowest BCUT2D eigenvalue weighted by Crippen LogP contribution is -1.99. The minimum atomic E-state index is 0.705. The molecule has 2 aromatic rings. The zero-order chi connectivity index (χ0) is 12.8. The summed E-state index contributed by atoms with van der Waals surface area (Å²) in [6.45, 7) is 0.705. The van der Waals surface area contributed by atoms with Gasteiger partial charge in [0.05, 0.1) is 4.90 Å². The molecule has 18 heavy (non-hydrogen) atoms. The molecular formula is C13H9N3S2. The van der Waals surface area contributed by atoms with Gasteiger partial charge in [-0.05, 0) is 23.4 Å². The minimum Gasteiger partial charge on any atom is -0.337 e. The highest BCUT2D eigenvalue weighted by Gasteiger charge is 2.10. The van der Waals surface area contributed by atoms with E-state index >= 15 is 0 Å². The lowest BCUT2D eigenvalue weighted by atomic mass is 10.2. The third-order valence-electron chi connectivity index (χ3n) is 2.37. The molecule has 1 aromatic heterocycles. The molecule has 0 spiro atoms. The molecule has 0 aliphatic rings.